The first-order valence-corrected chi connectivity index (χ1v) is 7.95. The summed E-state index contributed by atoms with van der Waals surface area (Å²) in [4.78, 5) is 2.52. The highest BCUT2D eigenvalue weighted by Gasteiger charge is 2.31. The lowest BCUT2D eigenvalue weighted by Gasteiger charge is -2.31. The highest BCUT2D eigenvalue weighted by Crippen LogP contribution is 2.22. The lowest BCUT2D eigenvalue weighted by atomic mass is 10.2. The zero-order valence-corrected chi connectivity index (χ0v) is 13.8. The van der Waals surface area contributed by atoms with Crippen LogP contribution in [0.3, 0.4) is 0 Å². The van der Waals surface area contributed by atoms with Crippen molar-refractivity contribution in [2.24, 2.45) is 0 Å². The number of quaternary nitrogens is 1. The predicted molar refractivity (Wildman–Crippen MR) is 91.0 cm³/mol. The fourth-order valence-corrected chi connectivity index (χ4v) is 3.13. The van der Waals surface area contributed by atoms with E-state index in [2.05, 4.69) is 36.5 Å². The molecule has 1 aliphatic heterocycles. The van der Waals surface area contributed by atoms with E-state index in [0.29, 0.717) is 0 Å². The number of rotatable bonds is 5. The summed E-state index contributed by atoms with van der Waals surface area (Å²) < 4.78 is 2.87. The average molecular weight is 303 g/mol. The molecule has 0 amide bonds. The van der Waals surface area contributed by atoms with E-state index in [-0.39, 0.29) is 0 Å². The molecule has 0 aromatic carbocycles. The Kier molecular flexibility index (Phi) is 3.97. The predicted octanol–water partition coefficient (Wildman–Crippen LogP) is 1.11. The second-order valence-corrected chi connectivity index (χ2v) is 7.08. The Hall–Kier alpha value is -1.79. The van der Waals surface area contributed by atoms with Crippen LogP contribution < -0.4 is 11.1 Å². The minimum atomic E-state index is 0.728. The number of nitrogens with zero attached hydrogens (tertiary/aromatic N) is 4. The van der Waals surface area contributed by atoms with Gasteiger partial charge < -0.3 is 15.5 Å². The van der Waals surface area contributed by atoms with E-state index in [4.69, 9.17) is 5.73 Å². The van der Waals surface area contributed by atoms with Crippen molar-refractivity contribution in [1.29, 1.82) is 0 Å². The van der Waals surface area contributed by atoms with Gasteiger partial charge in [0.05, 0.1) is 33.2 Å². The van der Waals surface area contributed by atoms with E-state index in [1.165, 1.54) is 19.5 Å². The van der Waals surface area contributed by atoms with Crippen LogP contribution >= 0.6 is 0 Å². The minimum absolute atomic E-state index is 0.728. The zero-order chi connectivity index (χ0) is 15.7. The van der Waals surface area contributed by atoms with Crippen molar-refractivity contribution in [3.63, 3.8) is 0 Å². The molecule has 1 aliphatic rings. The molecule has 6 nitrogen and oxygen atoms in total. The van der Waals surface area contributed by atoms with Crippen molar-refractivity contribution >= 4 is 17.0 Å². The third kappa shape index (κ3) is 3.03. The first-order chi connectivity index (χ1) is 10.4. The van der Waals surface area contributed by atoms with Crippen molar-refractivity contribution in [2.45, 2.75) is 12.5 Å². The average Bonchev–Trinajstić information content (AvgIpc) is 3.05. The molecule has 0 saturated carbocycles. The van der Waals surface area contributed by atoms with Crippen LogP contribution in [0.15, 0.2) is 24.4 Å². The fourth-order valence-electron chi connectivity index (χ4n) is 3.13. The number of pyridine rings is 1. The van der Waals surface area contributed by atoms with Crippen molar-refractivity contribution in [1.82, 2.24) is 14.5 Å². The van der Waals surface area contributed by atoms with Gasteiger partial charge in [-0.2, -0.15) is 0 Å². The number of nitrogens with two attached hydrogens (primary N) is 1. The Morgan fingerprint density at radius 3 is 2.86 bits per heavy atom. The summed E-state index contributed by atoms with van der Waals surface area (Å²) in [6.07, 6.45) is 3.20. The second-order valence-electron chi connectivity index (χ2n) is 7.08. The molecule has 0 radical (unpaired) electrons. The van der Waals surface area contributed by atoms with Gasteiger partial charge >= 0.3 is 0 Å². The van der Waals surface area contributed by atoms with E-state index < -0.39 is 0 Å². The molecule has 1 atom stereocenters. The van der Waals surface area contributed by atoms with E-state index in [0.717, 1.165) is 40.6 Å². The SMILES string of the molecule is C[N+](C)(C)C1CCN(CCNc2nn3ccccc3c2N)C1. The number of anilines is 2. The van der Waals surface area contributed by atoms with Gasteiger partial charge in [-0.3, -0.25) is 4.90 Å². The quantitative estimate of drug-likeness (QED) is 0.813. The lowest BCUT2D eigenvalue weighted by Crippen LogP contribution is -2.46. The van der Waals surface area contributed by atoms with E-state index in [1.54, 1.807) is 0 Å². The molecule has 0 aliphatic carbocycles. The number of hydrogen-bond acceptors (Lipinski definition) is 4. The molecule has 2 aromatic heterocycles. The van der Waals surface area contributed by atoms with Crippen molar-refractivity contribution in [2.75, 3.05) is 58.4 Å². The Morgan fingerprint density at radius 2 is 2.18 bits per heavy atom. The van der Waals surface area contributed by atoms with Gasteiger partial charge in [-0.1, -0.05) is 6.07 Å². The maximum absolute atomic E-state index is 6.15. The second kappa shape index (κ2) is 5.78. The Morgan fingerprint density at radius 1 is 1.36 bits per heavy atom. The largest absolute Gasteiger partial charge is 0.394 e. The summed E-state index contributed by atoms with van der Waals surface area (Å²) in [5.74, 6) is 0.786. The number of nitrogens with one attached hydrogen (secondary N) is 1. The lowest BCUT2D eigenvalue weighted by molar-refractivity contribution is -0.893. The van der Waals surface area contributed by atoms with Gasteiger partial charge in [-0.05, 0) is 12.1 Å². The van der Waals surface area contributed by atoms with Gasteiger partial charge in [0.1, 0.15) is 11.7 Å². The van der Waals surface area contributed by atoms with Gasteiger partial charge in [0.2, 0.25) is 0 Å². The molecule has 3 rings (SSSR count). The third-order valence-corrected chi connectivity index (χ3v) is 4.64. The normalized spacial score (nSPS) is 19.9. The Balaban J connectivity index is 1.54. The molecule has 2 aromatic rings. The molecule has 1 fully saturated rings. The van der Waals surface area contributed by atoms with Crippen molar-refractivity contribution in [3.8, 4) is 0 Å². The Bertz CT molecular complexity index is 642. The molecule has 0 bridgehead atoms. The first-order valence-electron chi connectivity index (χ1n) is 7.95. The monoisotopic (exact) mass is 303 g/mol. The summed E-state index contributed by atoms with van der Waals surface area (Å²) in [6.45, 7) is 4.26. The fraction of sp³-hybridized carbons (Fsp3) is 0.562. The van der Waals surface area contributed by atoms with Crippen molar-refractivity contribution in [3.05, 3.63) is 24.4 Å². The third-order valence-electron chi connectivity index (χ3n) is 4.64. The van der Waals surface area contributed by atoms with Crippen LogP contribution in [-0.2, 0) is 0 Å². The number of likely N-dealkylation sites (N-methyl/N-ethyl adjacent to an activating group) is 1. The summed E-state index contributed by atoms with van der Waals surface area (Å²) in [5, 5.41) is 7.87. The summed E-state index contributed by atoms with van der Waals surface area (Å²) in [7, 11) is 6.84. The molecule has 6 heteroatoms. The van der Waals surface area contributed by atoms with Gasteiger partial charge in [-0.25, -0.2) is 4.52 Å². The van der Waals surface area contributed by atoms with E-state index in [1.807, 2.05) is 28.9 Å². The molecule has 0 spiro atoms. The minimum Gasteiger partial charge on any atom is -0.394 e. The van der Waals surface area contributed by atoms with Crippen LogP contribution in [0, 0.1) is 0 Å². The molecule has 1 saturated heterocycles. The van der Waals surface area contributed by atoms with Gasteiger partial charge in [0.15, 0.2) is 5.82 Å². The molecule has 120 valence electrons. The smallest absolute Gasteiger partial charge is 0.172 e. The standard InChI is InChI=1S/C16H27N6/c1-22(2,3)13-7-10-20(12-13)11-8-18-16-15(17)14-6-4-5-9-21(14)19-16/h4-6,9,13H,7-8,10-12,17H2,1-3H3,(H,18,19)/q+1. The first kappa shape index (κ1) is 15.1. The molecule has 1 unspecified atom stereocenters. The molecular formula is C16H27N6+. The van der Waals surface area contributed by atoms with Crippen LogP contribution in [0.1, 0.15) is 6.42 Å². The molecule has 22 heavy (non-hydrogen) atoms. The van der Waals surface area contributed by atoms with Crippen molar-refractivity contribution < 1.29 is 4.48 Å². The number of hydrogen-bond donors (Lipinski definition) is 2. The number of likely N-dealkylation sites (tertiary alicyclic amines) is 1. The molecular weight excluding hydrogens is 276 g/mol. The van der Waals surface area contributed by atoms with Crippen LogP contribution in [-0.4, -0.2) is 72.4 Å². The number of aromatic nitrogens is 2. The maximum atomic E-state index is 6.15. The van der Waals surface area contributed by atoms with E-state index in [9.17, 15) is 0 Å². The maximum Gasteiger partial charge on any atom is 0.172 e. The van der Waals surface area contributed by atoms with Crippen LogP contribution in [0.2, 0.25) is 0 Å². The van der Waals surface area contributed by atoms with Gasteiger partial charge in [0.25, 0.3) is 0 Å². The summed E-state index contributed by atoms with van der Waals surface area (Å²) in [6, 6.07) is 6.66. The van der Waals surface area contributed by atoms with Crippen LogP contribution in [0.5, 0.6) is 0 Å². The topological polar surface area (TPSA) is 58.6 Å². The molecule has 3 N–H and O–H groups in total. The van der Waals surface area contributed by atoms with Crippen LogP contribution in [0.4, 0.5) is 11.5 Å². The molecule has 3 heterocycles. The van der Waals surface area contributed by atoms with E-state index >= 15 is 0 Å². The zero-order valence-electron chi connectivity index (χ0n) is 13.8. The number of fused-ring (bicyclic) bond motifs is 1. The highest BCUT2D eigenvalue weighted by atomic mass is 15.4. The highest BCUT2D eigenvalue weighted by molar-refractivity contribution is 5.80. The Labute approximate surface area is 132 Å². The van der Waals surface area contributed by atoms with Gasteiger partial charge in [-0.15, -0.1) is 5.10 Å². The van der Waals surface area contributed by atoms with Gasteiger partial charge in [0, 0.05) is 32.3 Å². The summed E-state index contributed by atoms with van der Waals surface area (Å²) in [5.41, 5.74) is 7.83. The number of nitrogen functional groups attached to an aromatic ring is 1. The summed E-state index contributed by atoms with van der Waals surface area (Å²) >= 11 is 0. The van der Waals surface area contributed by atoms with Crippen LogP contribution in [0.25, 0.3) is 5.52 Å².